The van der Waals surface area contributed by atoms with Crippen LogP contribution in [0.25, 0.3) is 0 Å². The molecule has 1 heterocycles. The molecule has 0 radical (unpaired) electrons. The van der Waals surface area contributed by atoms with Gasteiger partial charge in [0, 0.05) is 11.4 Å². The van der Waals surface area contributed by atoms with Gasteiger partial charge in [-0.05, 0) is 10.8 Å². The predicted octanol–water partition coefficient (Wildman–Crippen LogP) is 2.78. The topological polar surface area (TPSA) is 51.2 Å². The molecule has 5 heteroatoms. The maximum absolute atomic E-state index is 11.3. The summed E-state index contributed by atoms with van der Waals surface area (Å²) in [6.45, 7) is 8.94. The molecule has 1 saturated carbocycles. The van der Waals surface area contributed by atoms with E-state index in [4.69, 9.17) is 0 Å². The van der Waals surface area contributed by atoms with Crippen molar-refractivity contribution < 1.29 is 9.53 Å². The van der Waals surface area contributed by atoms with Crippen molar-refractivity contribution in [1.82, 2.24) is 4.98 Å². The lowest BCUT2D eigenvalue weighted by molar-refractivity contribution is 0.0595. The second-order valence-corrected chi connectivity index (χ2v) is 6.41. The Kier molecular flexibility index (Phi) is 2.69. The van der Waals surface area contributed by atoms with Crippen LogP contribution >= 0.6 is 11.3 Å². The Bertz CT molecular complexity index is 437. The zero-order valence-electron chi connectivity index (χ0n) is 10.8. The molecular weight excluding hydrogens is 236 g/mol. The summed E-state index contributed by atoms with van der Waals surface area (Å²) < 4.78 is 4.63. The normalized spacial score (nSPS) is 21.0. The van der Waals surface area contributed by atoms with E-state index in [1.807, 2.05) is 0 Å². The zero-order chi connectivity index (χ0) is 12.8. The minimum Gasteiger partial charge on any atom is -0.464 e. The Morgan fingerprint density at radius 1 is 1.41 bits per heavy atom. The summed E-state index contributed by atoms with van der Waals surface area (Å²) in [7, 11) is 1.36. The second-order valence-electron chi connectivity index (χ2n) is 5.55. The molecule has 0 aromatic carbocycles. The number of nitrogens with zero attached hydrogens (tertiary/aromatic N) is 1. The van der Waals surface area contributed by atoms with Gasteiger partial charge in [0.25, 0.3) is 0 Å². The molecule has 0 unspecified atom stereocenters. The summed E-state index contributed by atoms with van der Waals surface area (Å²) in [5, 5.41) is 5.90. The highest BCUT2D eigenvalue weighted by molar-refractivity contribution is 7.13. The Morgan fingerprint density at radius 3 is 2.47 bits per heavy atom. The molecule has 0 amide bonds. The van der Waals surface area contributed by atoms with E-state index in [9.17, 15) is 4.79 Å². The van der Waals surface area contributed by atoms with E-state index < -0.39 is 0 Å². The van der Waals surface area contributed by atoms with E-state index in [0.717, 1.165) is 5.13 Å². The minimum absolute atomic E-state index is 0.254. The number of esters is 1. The lowest BCUT2D eigenvalue weighted by atomic mass is 10.0. The molecule has 2 rings (SSSR count). The average Bonchev–Trinajstić information content (AvgIpc) is 2.64. The highest BCUT2D eigenvalue weighted by atomic mass is 32.1. The van der Waals surface area contributed by atoms with Crippen LogP contribution < -0.4 is 5.32 Å². The molecule has 1 N–H and O–H groups in total. The fourth-order valence-electron chi connectivity index (χ4n) is 2.22. The van der Waals surface area contributed by atoms with Crippen LogP contribution in [0.2, 0.25) is 0 Å². The van der Waals surface area contributed by atoms with E-state index in [1.165, 1.54) is 18.4 Å². The first kappa shape index (κ1) is 12.4. The SMILES string of the molecule is COC(=O)c1csc(NC2C(C)(C)C2(C)C)n1. The zero-order valence-corrected chi connectivity index (χ0v) is 11.6. The maximum Gasteiger partial charge on any atom is 0.357 e. The molecule has 0 aliphatic heterocycles. The van der Waals surface area contributed by atoms with Crippen LogP contribution in [0.4, 0.5) is 5.13 Å². The summed E-state index contributed by atoms with van der Waals surface area (Å²) >= 11 is 1.44. The average molecular weight is 254 g/mol. The third kappa shape index (κ3) is 1.82. The molecule has 1 aromatic heterocycles. The lowest BCUT2D eigenvalue weighted by Crippen LogP contribution is -2.10. The van der Waals surface area contributed by atoms with Crippen LogP contribution in [0.5, 0.6) is 0 Å². The number of anilines is 1. The molecule has 0 atom stereocenters. The number of methoxy groups -OCH3 is 1. The number of rotatable bonds is 3. The Labute approximate surface area is 105 Å². The van der Waals surface area contributed by atoms with Gasteiger partial charge in [-0.1, -0.05) is 27.7 Å². The van der Waals surface area contributed by atoms with E-state index in [1.54, 1.807) is 5.38 Å². The standard InChI is InChI=1S/C12H18N2O2S/c1-11(2)9(12(11,3)4)14-10-13-7(6-17-10)8(15)16-5/h6,9H,1-5H3,(H,13,14). The molecule has 1 fully saturated rings. The van der Waals surface area contributed by atoms with Gasteiger partial charge < -0.3 is 10.1 Å². The summed E-state index contributed by atoms with van der Waals surface area (Å²) in [5.41, 5.74) is 0.880. The van der Waals surface area contributed by atoms with Gasteiger partial charge >= 0.3 is 5.97 Å². The third-order valence-corrected chi connectivity index (χ3v) is 4.96. The van der Waals surface area contributed by atoms with Gasteiger partial charge in [0.1, 0.15) is 0 Å². The largest absolute Gasteiger partial charge is 0.464 e. The summed E-state index contributed by atoms with van der Waals surface area (Å²) in [5.74, 6) is -0.386. The molecule has 1 aliphatic rings. The number of hydrogen-bond donors (Lipinski definition) is 1. The van der Waals surface area contributed by atoms with Crippen LogP contribution in [0.1, 0.15) is 38.2 Å². The second kappa shape index (κ2) is 3.70. The highest BCUT2D eigenvalue weighted by Gasteiger charge is 2.65. The first-order chi connectivity index (χ1) is 7.80. The van der Waals surface area contributed by atoms with Gasteiger partial charge in [-0.25, -0.2) is 9.78 Å². The molecule has 1 aliphatic carbocycles. The molecule has 17 heavy (non-hydrogen) atoms. The van der Waals surface area contributed by atoms with E-state index in [2.05, 4.69) is 42.7 Å². The van der Waals surface area contributed by atoms with Crippen LogP contribution in [-0.4, -0.2) is 24.1 Å². The third-order valence-electron chi connectivity index (χ3n) is 4.19. The van der Waals surface area contributed by atoms with Crippen molar-refractivity contribution in [3.05, 3.63) is 11.1 Å². The number of nitrogens with one attached hydrogen (secondary N) is 1. The predicted molar refractivity (Wildman–Crippen MR) is 68.4 cm³/mol. The molecule has 4 nitrogen and oxygen atoms in total. The van der Waals surface area contributed by atoms with Crippen LogP contribution in [-0.2, 0) is 4.74 Å². The summed E-state index contributed by atoms with van der Waals surface area (Å²) in [4.78, 5) is 15.5. The van der Waals surface area contributed by atoms with Crippen LogP contribution in [0.15, 0.2) is 5.38 Å². The monoisotopic (exact) mass is 254 g/mol. The molecule has 0 bridgehead atoms. The minimum atomic E-state index is -0.386. The Morgan fingerprint density at radius 2 is 2.00 bits per heavy atom. The first-order valence-electron chi connectivity index (χ1n) is 5.61. The maximum atomic E-state index is 11.3. The molecule has 0 spiro atoms. The molecule has 1 aromatic rings. The number of thiazole rings is 1. The van der Waals surface area contributed by atoms with Crippen molar-refractivity contribution in [3.8, 4) is 0 Å². The van der Waals surface area contributed by atoms with Crippen molar-refractivity contribution >= 4 is 22.4 Å². The lowest BCUT2D eigenvalue weighted by Gasteiger charge is -2.03. The summed E-state index contributed by atoms with van der Waals surface area (Å²) in [6, 6.07) is 0.395. The van der Waals surface area contributed by atoms with Gasteiger partial charge in [-0.15, -0.1) is 11.3 Å². The highest BCUT2D eigenvalue weighted by Crippen LogP contribution is 2.63. The number of carbonyl (C=O) groups excluding carboxylic acids is 1. The van der Waals surface area contributed by atoms with Crippen molar-refractivity contribution in [3.63, 3.8) is 0 Å². The van der Waals surface area contributed by atoms with Crippen molar-refractivity contribution in [1.29, 1.82) is 0 Å². The summed E-state index contributed by atoms with van der Waals surface area (Å²) in [6.07, 6.45) is 0. The van der Waals surface area contributed by atoms with Crippen molar-refractivity contribution in [2.45, 2.75) is 33.7 Å². The quantitative estimate of drug-likeness (QED) is 0.843. The van der Waals surface area contributed by atoms with Crippen LogP contribution in [0, 0.1) is 10.8 Å². The number of ether oxygens (including phenoxy) is 1. The molecular formula is C12H18N2O2S. The number of carbonyl (C=O) groups is 1. The Balaban J connectivity index is 2.07. The van der Waals surface area contributed by atoms with Gasteiger partial charge in [0.05, 0.1) is 7.11 Å². The first-order valence-corrected chi connectivity index (χ1v) is 6.49. The van der Waals surface area contributed by atoms with E-state index in [-0.39, 0.29) is 16.8 Å². The molecule has 0 saturated heterocycles. The van der Waals surface area contributed by atoms with Crippen molar-refractivity contribution in [2.24, 2.45) is 10.8 Å². The van der Waals surface area contributed by atoms with Crippen LogP contribution in [0.3, 0.4) is 0 Å². The van der Waals surface area contributed by atoms with Crippen molar-refractivity contribution in [2.75, 3.05) is 12.4 Å². The van der Waals surface area contributed by atoms with Gasteiger partial charge in [0.15, 0.2) is 10.8 Å². The smallest absolute Gasteiger partial charge is 0.357 e. The van der Waals surface area contributed by atoms with Gasteiger partial charge in [0.2, 0.25) is 0 Å². The van der Waals surface area contributed by atoms with Gasteiger partial charge in [-0.3, -0.25) is 0 Å². The number of aromatic nitrogens is 1. The fraction of sp³-hybridized carbons (Fsp3) is 0.667. The van der Waals surface area contributed by atoms with Gasteiger partial charge in [-0.2, -0.15) is 0 Å². The fourth-order valence-corrected chi connectivity index (χ4v) is 2.93. The van der Waals surface area contributed by atoms with E-state index >= 15 is 0 Å². The van der Waals surface area contributed by atoms with E-state index in [0.29, 0.717) is 11.7 Å². The molecule has 94 valence electrons. The Hall–Kier alpha value is -1.10. The number of hydrogen-bond acceptors (Lipinski definition) is 5.